The third kappa shape index (κ3) is 7.12. The van der Waals surface area contributed by atoms with Gasteiger partial charge >= 0.3 is 0 Å². The van der Waals surface area contributed by atoms with Crippen molar-refractivity contribution in [3.05, 3.63) is 129 Å². The lowest BCUT2D eigenvalue weighted by atomic mass is 9.90. The zero-order chi connectivity index (χ0) is 41.0. The predicted molar refractivity (Wildman–Crippen MR) is 239 cm³/mol. The SMILES string of the molecule is Cc1cc(C)c(Nc2nc(N(c3nc4ccccc4s3)c3c(C)cc(C)cc3C)cc(C)c2/N=N/c2c(C#N)c(C(C)(C)C)nn2-c2nc3ccccc3s2)c(C)c1. The lowest BCUT2D eigenvalue weighted by Gasteiger charge is -2.27. The Balaban J connectivity index is 1.36. The average Bonchev–Trinajstić information content (AvgIpc) is 3.88. The van der Waals surface area contributed by atoms with Gasteiger partial charge in [0.2, 0.25) is 5.13 Å². The molecule has 0 bridgehead atoms. The van der Waals surface area contributed by atoms with Crippen molar-refractivity contribution < 1.29 is 0 Å². The Morgan fingerprint density at radius 2 is 1.29 bits per heavy atom. The number of aromatic nitrogens is 5. The van der Waals surface area contributed by atoms with E-state index in [2.05, 4.69) is 88.2 Å². The van der Waals surface area contributed by atoms with Crippen molar-refractivity contribution in [1.82, 2.24) is 24.7 Å². The fourth-order valence-corrected chi connectivity index (χ4v) is 9.47. The van der Waals surface area contributed by atoms with Gasteiger partial charge in [-0.2, -0.15) is 15.0 Å². The molecule has 1 N–H and O–H groups in total. The largest absolute Gasteiger partial charge is 0.338 e. The standard InChI is InChI=1S/C46H44N10S2/c1-25-19-27(3)38(28(4)20-25)51-42-39(52-53-43-32(24-47)41(46(8,9)10)54-56(43)45-49-34-16-12-14-18-36(34)58-45)29(5)23-37(50-42)55(40-30(6)21-26(2)22-31(40)7)44-48-33-15-11-13-17-35(33)57-44/h11-23H,1-10H3,(H,50,51)/b53-52+. The molecule has 0 saturated carbocycles. The van der Waals surface area contributed by atoms with Gasteiger partial charge in [-0.1, -0.05) is 103 Å². The maximum atomic E-state index is 10.6. The molecule has 0 aliphatic carbocycles. The number of nitrogens with zero attached hydrogens (tertiary/aromatic N) is 9. The molecule has 8 rings (SSSR count). The molecule has 8 aromatic rings. The summed E-state index contributed by atoms with van der Waals surface area (Å²) in [5.74, 6) is 1.51. The van der Waals surface area contributed by atoms with Gasteiger partial charge in [0.1, 0.15) is 23.1 Å². The number of rotatable bonds is 8. The Hall–Kier alpha value is -6.29. The number of anilines is 5. The van der Waals surface area contributed by atoms with Crippen LogP contribution in [0.25, 0.3) is 25.6 Å². The number of benzene rings is 4. The minimum Gasteiger partial charge on any atom is -0.338 e. The monoisotopic (exact) mass is 800 g/mol. The zero-order valence-electron chi connectivity index (χ0n) is 34.3. The first kappa shape index (κ1) is 38.6. The van der Waals surface area contributed by atoms with Crippen molar-refractivity contribution in [2.75, 3.05) is 10.2 Å². The molecule has 12 heteroatoms. The van der Waals surface area contributed by atoms with E-state index >= 15 is 0 Å². The lowest BCUT2D eigenvalue weighted by Crippen LogP contribution is -2.15. The highest BCUT2D eigenvalue weighted by atomic mass is 32.1. The number of aryl methyl sites for hydroxylation is 7. The summed E-state index contributed by atoms with van der Waals surface area (Å²) in [4.78, 5) is 17.6. The van der Waals surface area contributed by atoms with Crippen molar-refractivity contribution in [3.63, 3.8) is 0 Å². The highest BCUT2D eigenvalue weighted by Gasteiger charge is 2.30. The van der Waals surface area contributed by atoms with Gasteiger partial charge in [0.05, 0.1) is 31.8 Å². The summed E-state index contributed by atoms with van der Waals surface area (Å²) >= 11 is 3.12. The summed E-state index contributed by atoms with van der Waals surface area (Å²) in [6.45, 7) is 20.8. The van der Waals surface area contributed by atoms with E-state index in [0.29, 0.717) is 39.5 Å². The lowest BCUT2D eigenvalue weighted by molar-refractivity contribution is 0.559. The molecule has 0 aliphatic heterocycles. The van der Waals surface area contributed by atoms with Gasteiger partial charge in [0.25, 0.3) is 0 Å². The number of nitriles is 1. The Labute approximate surface area is 346 Å². The number of hydrogen-bond acceptors (Lipinski definition) is 11. The number of para-hydroxylation sites is 2. The molecule has 0 saturated heterocycles. The molecule has 4 heterocycles. The van der Waals surface area contributed by atoms with Crippen LogP contribution in [0.1, 0.15) is 71.0 Å². The van der Waals surface area contributed by atoms with Crippen LogP contribution in [-0.4, -0.2) is 24.7 Å². The van der Waals surface area contributed by atoms with Gasteiger partial charge in [-0.3, -0.25) is 4.90 Å². The molecule has 0 atom stereocenters. The Kier molecular flexibility index (Phi) is 9.91. The third-order valence-corrected chi connectivity index (χ3v) is 12.1. The molecule has 4 aromatic heterocycles. The third-order valence-electron chi connectivity index (χ3n) is 10.0. The molecule has 0 unspecified atom stereocenters. The number of fused-ring (bicyclic) bond motifs is 2. The first-order valence-electron chi connectivity index (χ1n) is 19.1. The fourth-order valence-electron chi connectivity index (χ4n) is 7.57. The second kappa shape index (κ2) is 14.9. The molecular formula is C46H44N10S2. The summed E-state index contributed by atoms with van der Waals surface area (Å²) in [6.07, 6.45) is 0. The van der Waals surface area contributed by atoms with Crippen molar-refractivity contribution >= 4 is 82.8 Å². The van der Waals surface area contributed by atoms with Crippen LogP contribution in [0, 0.1) is 59.8 Å². The van der Waals surface area contributed by atoms with Crippen molar-refractivity contribution in [1.29, 1.82) is 5.26 Å². The van der Waals surface area contributed by atoms with Crippen LogP contribution >= 0.6 is 22.7 Å². The zero-order valence-corrected chi connectivity index (χ0v) is 36.0. The first-order chi connectivity index (χ1) is 27.7. The maximum absolute atomic E-state index is 10.6. The average molecular weight is 801 g/mol. The van der Waals surface area contributed by atoms with Gasteiger partial charge in [-0.05, 0) is 107 Å². The highest BCUT2D eigenvalue weighted by molar-refractivity contribution is 7.22. The van der Waals surface area contributed by atoms with Crippen LogP contribution in [0.15, 0.2) is 89.1 Å². The van der Waals surface area contributed by atoms with E-state index in [9.17, 15) is 5.26 Å². The number of hydrogen-bond donors (Lipinski definition) is 1. The summed E-state index contributed by atoms with van der Waals surface area (Å²) < 4.78 is 3.75. The maximum Gasteiger partial charge on any atom is 0.213 e. The number of thiazole rings is 2. The molecule has 0 amide bonds. The fraction of sp³-hybridized carbons (Fsp3) is 0.239. The molecule has 10 nitrogen and oxygen atoms in total. The number of pyridine rings is 1. The molecule has 0 spiro atoms. The van der Waals surface area contributed by atoms with Crippen LogP contribution in [0.4, 0.5) is 39.6 Å². The second-order valence-electron chi connectivity index (χ2n) is 15.9. The summed E-state index contributed by atoms with van der Waals surface area (Å²) in [5, 5.41) is 30.5. The van der Waals surface area contributed by atoms with Crippen LogP contribution in [0.5, 0.6) is 0 Å². The van der Waals surface area contributed by atoms with Crippen LogP contribution in [0.3, 0.4) is 0 Å². The molecule has 58 heavy (non-hydrogen) atoms. The van der Waals surface area contributed by atoms with E-state index in [1.165, 1.54) is 22.5 Å². The molecule has 0 aliphatic rings. The number of nitrogens with one attached hydrogen (secondary N) is 1. The van der Waals surface area contributed by atoms with Crippen LogP contribution in [0.2, 0.25) is 0 Å². The van der Waals surface area contributed by atoms with E-state index in [0.717, 1.165) is 64.8 Å². The van der Waals surface area contributed by atoms with Gasteiger partial charge in [-0.25, -0.2) is 15.0 Å². The Bertz CT molecular complexity index is 2860. The summed E-state index contributed by atoms with van der Waals surface area (Å²) in [6, 6.07) is 29.3. The van der Waals surface area contributed by atoms with E-state index in [4.69, 9.17) is 30.3 Å². The summed E-state index contributed by atoms with van der Waals surface area (Å²) in [7, 11) is 0. The molecule has 4 aromatic carbocycles. The van der Waals surface area contributed by atoms with E-state index in [1.807, 2.05) is 76.2 Å². The van der Waals surface area contributed by atoms with Gasteiger partial charge in [0, 0.05) is 11.1 Å². The molecule has 0 radical (unpaired) electrons. The second-order valence-corrected chi connectivity index (χ2v) is 17.9. The normalized spacial score (nSPS) is 11.9. The highest BCUT2D eigenvalue weighted by Crippen LogP contribution is 2.45. The van der Waals surface area contributed by atoms with E-state index in [1.54, 1.807) is 16.0 Å². The molecule has 290 valence electrons. The predicted octanol–water partition coefficient (Wildman–Crippen LogP) is 13.4. The summed E-state index contributed by atoms with van der Waals surface area (Å²) in [5.41, 5.74) is 12.4. The van der Waals surface area contributed by atoms with Crippen LogP contribution < -0.4 is 10.2 Å². The number of azo groups is 1. The quantitative estimate of drug-likeness (QED) is 0.152. The van der Waals surface area contributed by atoms with E-state index in [-0.39, 0.29) is 0 Å². The van der Waals surface area contributed by atoms with Gasteiger partial charge in [0.15, 0.2) is 16.8 Å². The van der Waals surface area contributed by atoms with Gasteiger partial charge < -0.3 is 5.32 Å². The molecular weight excluding hydrogens is 757 g/mol. The van der Waals surface area contributed by atoms with Gasteiger partial charge in [-0.15, -0.1) is 10.2 Å². The Morgan fingerprint density at radius 3 is 1.88 bits per heavy atom. The van der Waals surface area contributed by atoms with Crippen LogP contribution in [-0.2, 0) is 5.41 Å². The van der Waals surface area contributed by atoms with Crippen molar-refractivity contribution in [2.24, 2.45) is 10.2 Å². The molecule has 0 fully saturated rings. The minimum absolute atomic E-state index is 0.311. The topological polar surface area (TPSA) is 120 Å². The first-order valence-corrected chi connectivity index (χ1v) is 20.7. The smallest absolute Gasteiger partial charge is 0.213 e. The van der Waals surface area contributed by atoms with Crippen molar-refractivity contribution in [2.45, 2.75) is 74.7 Å². The Morgan fingerprint density at radius 1 is 0.707 bits per heavy atom. The van der Waals surface area contributed by atoms with Crippen molar-refractivity contribution in [3.8, 4) is 11.2 Å². The van der Waals surface area contributed by atoms with E-state index < -0.39 is 5.41 Å². The minimum atomic E-state index is -0.445.